The zero-order chi connectivity index (χ0) is 16.0. The predicted octanol–water partition coefficient (Wildman–Crippen LogP) is 3.31. The van der Waals surface area contributed by atoms with Gasteiger partial charge in [-0.3, -0.25) is 4.79 Å². The van der Waals surface area contributed by atoms with Gasteiger partial charge in [0, 0.05) is 24.5 Å². The molecule has 2 heterocycles. The first kappa shape index (κ1) is 14.8. The lowest BCUT2D eigenvalue weighted by atomic mass is 10.1. The molecule has 120 valence electrons. The highest BCUT2D eigenvalue weighted by Gasteiger charge is 2.42. The van der Waals surface area contributed by atoms with E-state index in [2.05, 4.69) is 26.8 Å². The van der Waals surface area contributed by atoms with E-state index in [4.69, 9.17) is 0 Å². The van der Waals surface area contributed by atoms with Crippen molar-refractivity contribution >= 4 is 17.2 Å². The fraction of sp³-hybridized carbons (Fsp3) is 0.529. The van der Waals surface area contributed by atoms with E-state index in [1.165, 1.54) is 24.2 Å². The normalized spacial score (nSPS) is 18.7. The first-order chi connectivity index (χ1) is 11.1. The van der Waals surface area contributed by atoms with Gasteiger partial charge in [0.2, 0.25) is 0 Å². The lowest BCUT2D eigenvalue weighted by molar-refractivity contribution is 0.0658. The maximum Gasteiger partial charge on any atom is 0.266 e. The van der Waals surface area contributed by atoms with Crippen molar-refractivity contribution in [3.63, 3.8) is 0 Å². The Morgan fingerprint density at radius 3 is 2.57 bits per heavy atom. The molecule has 0 aromatic carbocycles. The van der Waals surface area contributed by atoms with Crippen molar-refractivity contribution in [2.45, 2.75) is 51.6 Å². The van der Waals surface area contributed by atoms with Crippen molar-refractivity contribution in [3.05, 3.63) is 29.0 Å². The molecule has 23 heavy (non-hydrogen) atoms. The van der Waals surface area contributed by atoms with Crippen molar-refractivity contribution in [1.29, 1.82) is 0 Å². The summed E-state index contributed by atoms with van der Waals surface area (Å²) in [5, 5.41) is 0.723. The van der Waals surface area contributed by atoms with Gasteiger partial charge in [0.15, 0.2) is 10.8 Å². The maximum absolute atomic E-state index is 13.1. The van der Waals surface area contributed by atoms with E-state index in [9.17, 15) is 4.79 Å². The Bertz CT molecular complexity index is 721. The summed E-state index contributed by atoms with van der Waals surface area (Å²) >= 11 is 1.42. The van der Waals surface area contributed by atoms with E-state index in [0.29, 0.717) is 23.8 Å². The molecular weight excluding hydrogens is 308 g/mol. The zero-order valence-corrected chi connectivity index (χ0v) is 14.2. The largest absolute Gasteiger partial charge is 0.332 e. The van der Waals surface area contributed by atoms with Crippen LogP contribution in [0.3, 0.4) is 0 Å². The van der Waals surface area contributed by atoms with Crippen molar-refractivity contribution in [3.8, 4) is 10.8 Å². The second-order valence-corrected chi connectivity index (χ2v) is 7.53. The van der Waals surface area contributed by atoms with Gasteiger partial charge < -0.3 is 4.90 Å². The standard InChI is InChI=1S/C17H20N4OS/c1-10-14(23-16(20-10)15-18-8-3-9-19-15)17(22)21(13-6-7-13)11(2)12-4-5-12/h3,8-9,11-13H,4-7H2,1-2H3/t11-/m0/s1. The molecule has 2 aliphatic carbocycles. The molecule has 2 aromatic rings. The van der Waals surface area contributed by atoms with Gasteiger partial charge in [-0.25, -0.2) is 15.0 Å². The molecule has 0 aliphatic heterocycles. The molecule has 1 amide bonds. The van der Waals surface area contributed by atoms with Gasteiger partial charge in [-0.15, -0.1) is 11.3 Å². The topological polar surface area (TPSA) is 59.0 Å². The number of thiazole rings is 1. The number of carbonyl (C=O) groups is 1. The maximum atomic E-state index is 13.1. The van der Waals surface area contributed by atoms with E-state index >= 15 is 0 Å². The smallest absolute Gasteiger partial charge is 0.266 e. The third-order valence-corrected chi connectivity index (χ3v) is 5.81. The average Bonchev–Trinajstić information content (AvgIpc) is 3.46. The molecule has 1 atom stereocenters. The molecule has 4 rings (SSSR count). The SMILES string of the molecule is Cc1nc(-c2ncccn2)sc1C(=O)N(C1CC1)[C@@H](C)C1CC1. The minimum Gasteiger partial charge on any atom is -0.332 e. The summed E-state index contributed by atoms with van der Waals surface area (Å²) in [7, 11) is 0. The second-order valence-electron chi connectivity index (χ2n) is 6.53. The molecule has 0 spiro atoms. The molecule has 2 aliphatic rings. The van der Waals surface area contributed by atoms with E-state index in [0.717, 1.165) is 28.4 Å². The quantitative estimate of drug-likeness (QED) is 0.845. The molecule has 6 heteroatoms. The van der Waals surface area contributed by atoms with Crippen molar-refractivity contribution in [2.75, 3.05) is 0 Å². The molecule has 0 N–H and O–H groups in total. The van der Waals surface area contributed by atoms with Gasteiger partial charge in [0.05, 0.1) is 5.69 Å². The van der Waals surface area contributed by atoms with E-state index in [1.807, 2.05) is 6.92 Å². The van der Waals surface area contributed by atoms with Crippen LogP contribution in [0.4, 0.5) is 0 Å². The number of aromatic nitrogens is 3. The minimum atomic E-state index is 0.143. The highest BCUT2D eigenvalue weighted by Crippen LogP contribution is 2.41. The molecule has 0 radical (unpaired) electrons. The van der Waals surface area contributed by atoms with Crippen LogP contribution in [0, 0.1) is 12.8 Å². The Kier molecular flexibility index (Phi) is 3.64. The number of hydrogen-bond acceptors (Lipinski definition) is 5. The molecule has 0 bridgehead atoms. The number of aryl methyl sites for hydroxylation is 1. The number of carbonyl (C=O) groups excluding carboxylic acids is 1. The third kappa shape index (κ3) is 2.87. The Labute approximate surface area is 139 Å². The van der Waals surface area contributed by atoms with Crippen molar-refractivity contribution < 1.29 is 4.79 Å². The zero-order valence-electron chi connectivity index (χ0n) is 13.4. The molecule has 0 saturated heterocycles. The van der Waals surface area contributed by atoms with Gasteiger partial charge in [-0.05, 0) is 51.5 Å². The summed E-state index contributed by atoms with van der Waals surface area (Å²) in [6.07, 6.45) is 8.17. The minimum absolute atomic E-state index is 0.143. The molecule has 5 nitrogen and oxygen atoms in total. The first-order valence-electron chi connectivity index (χ1n) is 8.22. The van der Waals surface area contributed by atoms with Crippen LogP contribution in [0.15, 0.2) is 18.5 Å². The monoisotopic (exact) mass is 328 g/mol. The van der Waals surface area contributed by atoms with Crippen LogP contribution < -0.4 is 0 Å². The summed E-state index contributed by atoms with van der Waals surface area (Å²) in [4.78, 5) is 29.0. The Hall–Kier alpha value is -1.82. The van der Waals surface area contributed by atoms with E-state index in [-0.39, 0.29) is 5.91 Å². The number of nitrogens with zero attached hydrogens (tertiary/aromatic N) is 4. The van der Waals surface area contributed by atoms with Gasteiger partial charge in [-0.2, -0.15) is 0 Å². The van der Waals surface area contributed by atoms with Crippen LogP contribution in [-0.4, -0.2) is 37.8 Å². The molecular formula is C17H20N4OS. The van der Waals surface area contributed by atoms with Crippen LogP contribution in [0.2, 0.25) is 0 Å². The summed E-state index contributed by atoms with van der Waals surface area (Å²) in [5.41, 5.74) is 0.788. The fourth-order valence-electron chi connectivity index (χ4n) is 3.06. The molecule has 2 saturated carbocycles. The van der Waals surface area contributed by atoms with E-state index < -0.39 is 0 Å². The summed E-state index contributed by atoms with van der Waals surface area (Å²) in [6.45, 7) is 4.11. The van der Waals surface area contributed by atoms with Crippen molar-refractivity contribution in [2.24, 2.45) is 5.92 Å². The number of rotatable bonds is 5. The summed E-state index contributed by atoms with van der Waals surface area (Å²) < 4.78 is 0. The van der Waals surface area contributed by atoms with Crippen molar-refractivity contribution in [1.82, 2.24) is 19.9 Å². The lowest BCUT2D eigenvalue weighted by Gasteiger charge is -2.29. The van der Waals surface area contributed by atoms with Crippen LogP contribution in [0.1, 0.15) is 48.0 Å². The Morgan fingerprint density at radius 2 is 1.96 bits per heavy atom. The summed E-state index contributed by atoms with van der Waals surface area (Å²) in [5.74, 6) is 1.42. The van der Waals surface area contributed by atoms with Crippen LogP contribution in [0.5, 0.6) is 0 Å². The lowest BCUT2D eigenvalue weighted by Crippen LogP contribution is -2.41. The van der Waals surface area contributed by atoms with Gasteiger partial charge in [-0.1, -0.05) is 0 Å². The average molecular weight is 328 g/mol. The van der Waals surface area contributed by atoms with Gasteiger partial charge in [0.1, 0.15) is 4.88 Å². The number of amides is 1. The Morgan fingerprint density at radius 1 is 1.26 bits per heavy atom. The highest BCUT2D eigenvalue weighted by atomic mass is 32.1. The van der Waals surface area contributed by atoms with E-state index in [1.54, 1.807) is 18.5 Å². The number of hydrogen-bond donors (Lipinski definition) is 0. The fourth-order valence-corrected chi connectivity index (χ4v) is 4.02. The van der Waals surface area contributed by atoms with Crippen LogP contribution in [-0.2, 0) is 0 Å². The molecule has 2 fully saturated rings. The van der Waals surface area contributed by atoms with Gasteiger partial charge in [0.25, 0.3) is 5.91 Å². The third-order valence-electron chi connectivity index (χ3n) is 4.67. The Balaban J connectivity index is 1.63. The van der Waals surface area contributed by atoms with Crippen LogP contribution in [0.25, 0.3) is 10.8 Å². The molecule has 0 unspecified atom stereocenters. The highest BCUT2D eigenvalue weighted by molar-refractivity contribution is 7.17. The first-order valence-corrected chi connectivity index (χ1v) is 9.04. The predicted molar refractivity (Wildman–Crippen MR) is 89.3 cm³/mol. The summed E-state index contributed by atoms with van der Waals surface area (Å²) in [6, 6.07) is 2.55. The second kappa shape index (κ2) is 5.67. The van der Waals surface area contributed by atoms with Gasteiger partial charge >= 0.3 is 0 Å². The van der Waals surface area contributed by atoms with Crippen LogP contribution >= 0.6 is 11.3 Å². The molecule has 2 aromatic heterocycles.